The molecule has 1 heterocycles. The smallest absolute Gasteiger partial charge is 0.221 e. The number of hydrogen-bond acceptors (Lipinski definition) is 4. The lowest BCUT2D eigenvalue weighted by Crippen LogP contribution is -2.40. The van der Waals surface area contributed by atoms with Gasteiger partial charge < -0.3 is 5.32 Å². The Hall–Kier alpha value is -1.04. The van der Waals surface area contributed by atoms with Gasteiger partial charge in [-0.25, -0.2) is 4.98 Å². The average Bonchev–Trinajstić information content (AvgIpc) is 2.86. The Kier molecular flexibility index (Phi) is 5.89. The summed E-state index contributed by atoms with van der Waals surface area (Å²) in [6.07, 6.45) is 0.498. The van der Waals surface area contributed by atoms with Crippen LogP contribution in [0.1, 0.15) is 27.2 Å². The molecule has 0 unspecified atom stereocenters. The lowest BCUT2D eigenvalue weighted by atomic mass is 10.1. The number of benzene rings is 1. The number of halogens is 1. The molecule has 0 radical (unpaired) electrons. The molecule has 0 saturated carbocycles. The van der Waals surface area contributed by atoms with Crippen LogP contribution >= 0.6 is 34.7 Å². The second kappa shape index (κ2) is 7.49. The summed E-state index contributed by atoms with van der Waals surface area (Å²) < 4.78 is 0.980. The Labute approximate surface area is 144 Å². The van der Waals surface area contributed by atoms with Gasteiger partial charge in [-0.05, 0) is 32.9 Å². The summed E-state index contributed by atoms with van der Waals surface area (Å²) in [7, 11) is 0. The molecule has 0 spiro atoms. The molecule has 6 heteroatoms. The highest BCUT2D eigenvalue weighted by Gasteiger charge is 2.13. The van der Waals surface area contributed by atoms with Crippen molar-refractivity contribution in [2.75, 3.05) is 5.75 Å². The van der Waals surface area contributed by atoms with Gasteiger partial charge in [-0.3, -0.25) is 4.79 Å². The zero-order valence-corrected chi connectivity index (χ0v) is 15.2. The predicted molar refractivity (Wildman–Crippen MR) is 95.8 cm³/mol. The van der Waals surface area contributed by atoms with Crippen molar-refractivity contribution in [3.8, 4) is 11.3 Å². The SMILES string of the molecule is CC(C)(C)NC(=O)CCSc1nc(-c2ccc(Cl)cc2)cs1. The van der Waals surface area contributed by atoms with Gasteiger partial charge >= 0.3 is 0 Å². The average molecular weight is 355 g/mol. The van der Waals surface area contributed by atoms with Crippen LogP contribution in [-0.4, -0.2) is 22.2 Å². The lowest BCUT2D eigenvalue weighted by Gasteiger charge is -2.20. The molecule has 0 aliphatic heterocycles. The normalized spacial score (nSPS) is 11.5. The van der Waals surface area contributed by atoms with Gasteiger partial charge in [-0.2, -0.15) is 0 Å². The Bertz CT molecular complexity index is 632. The maximum atomic E-state index is 11.8. The van der Waals surface area contributed by atoms with Crippen LogP contribution < -0.4 is 5.32 Å². The van der Waals surface area contributed by atoms with Crippen molar-refractivity contribution >= 4 is 40.6 Å². The predicted octanol–water partition coefficient (Wildman–Crippen LogP) is 4.86. The number of nitrogens with one attached hydrogen (secondary N) is 1. The first-order chi connectivity index (χ1) is 10.3. The van der Waals surface area contributed by atoms with Crippen molar-refractivity contribution in [3.05, 3.63) is 34.7 Å². The van der Waals surface area contributed by atoms with Gasteiger partial charge in [0.25, 0.3) is 0 Å². The van der Waals surface area contributed by atoms with E-state index < -0.39 is 0 Å². The molecule has 1 amide bonds. The molecule has 2 aromatic rings. The van der Waals surface area contributed by atoms with Gasteiger partial charge in [-0.15, -0.1) is 11.3 Å². The monoisotopic (exact) mass is 354 g/mol. The molecule has 3 nitrogen and oxygen atoms in total. The maximum Gasteiger partial charge on any atom is 0.221 e. The molecule has 1 aromatic carbocycles. The highest BCUT2D eigenvalue weighted by molar-refractivity contribution is 8.01. The summed E-state index contributed by atoms with van der Waals surface area (Å²) in [5, 5.41) is 5.71. The van der Waals surface area contributed by atoms with Crippen molar-refractivity contribution in [1.82, 2.24) is 10.3 Å². The standard InChI is InChI=1S/C16H19ClN2OS2/c1-16(2,3)19-14(20)8-9-21-15-18-13(10-22-15)11-4-6-12(17)7-5-11/h4-7,10H,8-9H2,1-3H3,(H,19,20). The number of aromatic nitrogens is 1. The van der Waals surface area contributed by atoms with E-state index in [1.807, 2.05) is 50.4 Å². The number of carbonyl (C=O) groups excluding carboxylic acids is 1. The first-order valence-electron chi connectivity index (χ1n) is 6.99. The summed E-state index contributed by atoms with van der Waals surface area (Å²) in [6, 6.07) is 7.64. The van der Waals surface area contributed by atoms with E-state index in [9.17, 15) is 4.79 Å². The molecule has 2 rings (SSSR count). The minimum Gasteiger partial charge on any atom is -0.351 e. The molecule has 0 saturated heterocycles. The van der Waals surface area contributed by atoms with Crippen molar-refractivity contribution in [2.24, 2.45) is 0 Å². The fourth-order valence-corrected chi connectivity index (χ4v) is 3.76. The third-order valence-corrected chi connectivity index (χ3v) is 4.97. The molecule has 0 atom stereocenters. The van der Waals surface area contributed by atoms with E-state index in [-0.39, 0.29) is 11.4 Å². The Morgan fingerprint density at radius 3 is 2.64 bits per heavy atom. The van der Waals surface area contributed by atoms with Crippen molar-refractivity contribution in [1.29, 1.82) is 0 Å². The number of nitrogens with zero attached hydrogens (tertiary/aromatic N) is 1. The highest BCUT2D eigenvalue weighted by Crippen LogP contribution is 2.29. The summed E-state index contributed by atoms with van der Waals surface area (Å²) in [6.45, 7) is 5.95. The van der Waals surface area contributed by atoms with Gasteiger partial charge in [0.15, 0.2) is 4.34 Å². The van der Waals surface area contributed by atoms with E-state index in [1.165, 1.54) is 0 Å². The van der Waals surface area contributed by atoms with Crippen molar-refractivity contribution in [3.63, 3.8) is 0 Å². The molecule has 0 bridgehead atoms. The van der Waals surface area contributed by atoms with E-state index in [4.69, 9.17) is 11.6 Å². The lowest BCUT2D eigenvalue weighted by molar-refractivity contribution is -0.122. The first kappa shape index (κ1) is 17.3. The number of thiazole rings is 1. The molecular weight excluding hydrogens is 336 g/mol. The van der Waals surface area contributed by atoms with Crippen molar-refractivity contribution < 1.29 is 4.79 Å². The van der Waals surface area contributed by atoms with Gasteiger partial charge in [0.05, 0.1) is 5.69 Å². The summed E-state index contributed by atoms with van der Waals surface area (Å²) in [4.78, 5) is 16.3. The highest BCUT2D eigenvalue weighted by atomic mass is 35.5. The van der Waals surface area contributed by atoms with E-state index in [1.54, 1.807) is 23.1 Å². The topological polar surface area (TPSA) is 42.0 Å². The maximum absolute atomic E-state index is 11.8. The Morgan fingerprint density at radius 1 is 1.32 bits per heavy atom. The van der Waals surface area contributed by atoms with Crippen LogP contribution in [0.5, 0.6) is 0 Å². The van der Waals surface area contributed by atoms with Crippen LogP contribution in [0.3, 0.4) is 0 Å². The quantitative estimate of drug-likeness (QED) is 0.779. The zero-order chi connectivity index (χ0) is 16.2. The molecular formula is C16H19ClN2OS2. The summed E-state index contributed by atoms with van der Waals surface area (Å²) in [5.41, 5.74) is 1.83. The van der Waals surface area contributed by atoms with Gasteiger partial charge in [0.2, 0.25) is 5.91 Å². The molecule has 0 aliphatic rings. The number of thioether (sulfide) groups is 1. The minimum absolute atomic E-state index is 0.0782. The van der Waals surface area contributed by atoms with Crippen LogP contribution in [0.2, 0.25) is 5.02 Å². The van der Waals surface area contributed by atoms with Crippen molar-refractivity contribution in [2.45, 2.75) is 37.1 Å². The fraction of sp³-hybridized carbons (Fsp3) is 0.375. The van der Waals surface area contributed by atoms with Crippen LogP contribution in [0.25, 0.3) is 11.3 Å². The van der Waals surface area contributed by atoms with E-state index in [0.29, 0.717) is 6.42 Å². The zero-order valence-electron chi connectivity index (χ0n) is 12.9. The van der Waals surface area contributed by atoms with Crippen LogP contribution in [0.4, 0.5) is 0 Å². The second-order valence-corrected chi connectivity index (χ2v) is 8.54. The first-order valence-corrected chi connectivity index (χ1v) is 9.23. The van der Waals surface area contributed by atoms with Crippen LogP contribution in [-0.2, 0) is 4.79 Å². The Balaban J connectivity index is 1.85. The molecule has 1 aromatic heterocycles. The molecule has 0 fully saturated rings. The fourth-order valence-electron chi connectivity index (χ4n) is 1.79. The second-order valence-electron chi connectivity index (χ2n) is 5.90. The summed E-state index contributed by atoms with van der Waals surface area (Å²) >= 11 is 9.10. The third kappa shape index (κ3) is 5.63. The number of rotatable bonds is 5. The number of carbonyl (C=O) groups is 1. The molecule has 118 valence electrons. The molecule has 22 heavy (non-hydrogen) atoms. The summed E-state index contributed by atoms with van der Waals surface area (Å²) in [5.74, 6) is 0.810. The van der Waals surface area contributed by atoms with Gasteiger partial charge in [0, 0.05) is 33.7 Å². The van der Waals surface area contributed by atoms with Gasteiger partial charge in [-0.1, -0.05) is 35.5 Å². The molecule has 1 N–H and O–H groups in total. The number of hydrogen-bond donors (Lipinski definition) is 1. The van der Waals surface area contributed by atoms with E-state index in [0.717, 1.165) is 26.4 Å². The molecule has 0 aliphatic carbocycles. The third-order valence-electron chi connectivity index (χ3n) is 2.69. The minimum atomic E-state index is -0.176. The largest absolute Gasteiger partial charge is 0.351 e. The van der Waals surface area contributed by atoms with Gasteiger partial charge in [0.1, 0.15) is 0 Å². The van der Waals surface area contributed by atoms with Crippen LogP contribution in [0.15, 0.2) is 34.0 Å². The number of amides is 1. The van der Waals surface area contributed by atoms with Crippen LogP contribution in [0, 0.1) is 0 Å². The Morgan fingerprint density at radius 2 is 2.00 bits per heavy atom. The van der Waals surface area contributed by atoms with E-state index in [2.05, 4.69) is 10.3 Å². The van der Waals surface area contributed by atoms with E-state index >= 15 is 0 Å².